The minimum Gasteiger partial charge on any atom is -0.309 e. The fourth-order valence-electron chi connectivity index (χ4n) is 2.76. The van der Waals surface area contributed by atoms with Gasteiger partial charge in [0.2, 0.25) is 5.91 Å². The van der Waals surface area contributed by atoms with Crippen LogP contribution in [0, 0.1) is 13.8 Å². The fraction of sp³-hybridized carbons (Fsp3) is 0.143. The molecular formula is C21H21N3O3S. The van der Waals surface area contributed by atoms with Gasteiger partial charge in [-0.15, -0.1) is 0 Å². The van der Waals surface area contributed by atoms with Gasteiger partial charge in [-0.3, -0.25) is 9.10 Å². The number of aromatic nitrogens is 1. The third kappa shape index (κ3) is 4.37. The van der Waals surface area contributed by atoms with Gasteiger partial charge in [0.25, 0.3) is 10.0 Å². The summed E-state index contributed by atoms with van der Waals surface area (Å²) in [6.45, 7) is 3.33. The molecule has 1 aromatic heterocycles. The molecule has 0 saturated heterocycles. The summed E-state index contributed by atoms with van der Waals surface area (Å²) in [5.74, 6) is -0.107. The van der Waals surface area contributed by atoms with Crippen molar-refractivity contribution in [2.45, 2.75) is 18.7 Å². The molecule has 28 heavy (non-hydrogen) atoms. The highest BCUT2D eigenvalue weighted by molar-refractivity contribution is 7.92. The Bertz CT molecular complexity index is 1070. The van der Waals surface area contributed by atoms with Gasteiger partial charge < -0.3 is 5.32 Å². The quantitative estimate of drug-likeness (QED) is 0.692. The molecule has 6 nitrogen and oxygen atoms in total. The lowest BCUT2D eigenvalue weighted by Gasteiger charge is -2.26. The van der Waals surface area contributed by atoms with Gasteiger partial charge in [-0.1, -0.05) is 36.4 Å². The number of carbonyl (C=O) groups excluding carboxylic acids is 1. The Hall–Kier alpha value is -3.19. The van der Waals surface area contributed by atoms with Crippen molar-refractivity contribution in [3.63, 3.8) is 0 Å². The molecule has 1 heterocycles. The summed E-state index contributed by atoms with van der Waals surface area (Å²) >= 11 is 0. The lowest BCUT2D eigenvalue weighted by molar-refractivity contribution is -0.114. The molecule has 2 aromatic carbocycles. The van der Waals surface area contributed by atoms with Crippen LogP contribution in [-0.2, 0) is 14.8 Å². The minimum absolute atomic E-state index is 0.126. The van der Waals surface area contributed by atoms with Crippen molar-refractivity contribution < 1.29 is 13.2 Å². The number of amides is 1. The van der Waals surface area contributed by atoms with Crippen molar-refractivity contribution in [1.82, 2.24) is 4.98 Å². The van der Waals surface area contributed by atoms with Gasteiger partial charge in [0, 0.05) is 6.20 Å². The number of benzene rings is 2. The number of nitrogens with zero attached hydrogens (tertiary/aromatic N) is 2. The Morgan fingerprint density at radius 2 is 1.71 bits per heavy atom. The van der Waals surface area contributed by atoms with E-state index in [-0.39, 0.29) is 11.4 Å². The van der Waals surface area contributed by atoms with Gasteiger partial charge >= 0.3 is 0 Å². The molecule has 1 N–H and O–H groups in total. The largest absolute Gasteiger partial charge is 0.309 e. The van der Waals surface area contributed by atoms with Crippen molar-refractivity contribution in [3.05, 3.63) is 84.1 Å². The van der Waals surface area contributed by atoms with Crippen molar-refractivity contribution in [1.29, 1.82) is 0 Å². The molecule has 0 aliphatic rings. The van der Waals surface area contributed by atoms with Crippen molar-refractivity contribution in [2.75, 3.05) is 16.2 Å². The molecule has 1 amide bonds. The third-order valence-corrected chi connectivity index (χ3v) is 5.96. The van der Waals surface area contributed by atoms with E-state index in [4.69, 9.17) is 0 Å². The molecule has 3 rings (SSSR count). The number of aryl methyl sites for hydroxylation is 2. The highest BCUT2D eigenvalue weighted by Crippen LogP contribution is 2.27. The van der Waals surface area contributed by atoms with E-state index in [1.165, 1.54) is 12.1 Å². The molecule has 0 radical (unpaired) electrons. The monoisotopic (exact) mass is 395 g/mol. The Labute approximate surface area is 164 Å². The van der Waals surface area contributed by atoms with Gasteiger partial charge in [-0.25, -0.2) is 13.4 Å². The summed E-state index contributed by atoms with van der Waals surface area (Å²) in [5.41, 5.74) is 2.13. The highest BCUT2D eigenvalue weighted by atomic mass is 32.2. The van der Waals surface area contributed by atoms with Crippen LogP contribution < -0.4 is 9.62 Å². The van der Waals surface area contributed by atoms with E-state index in [0.29, 0.717) is 11.5 Å². The number of anilines is 2. The third-order valence-electron chi connectivity index (χ3n) is 4.18. The predicted molar refractivity (Wildman–Crippen MR) is 110 cm³/mol. The maximum absolute atomic E-state index is 13.3. The molecule has 0 aliphatic carbocycles. The molecular weight excluding hydrogens is 374 g/mol. The van der Waals surface area contributed by atoms with Crippen LogP contribution in [0.2, 0.25) is 0 Å². The van der Waals surface area contributed by atoms with Crippen LogP contribution in [0.15, 0.2) is 77.8 Å². The molecule has 0 spiro atoms. The van der Waals surface area contributed by atoms with E-state index >= 15 is 0 Å². The number of pyridine rings is 1. The van der Waals surface area contributed by atoms with Crippen LogP contribution in [-0.4, -0.2) is 25.9 Å². The number of rotatable bonds is 6. The average molecular weight is 395 g/mol. The SMILES string of the molecule is Cc1ccc(C)c(N(CC(=O)Nc2ccccn2)S(=O)(=O)c2ccccc2)c1. The van der Waals surface area contributed by atoms with Crippen LogP contribution >= 0.6 is 0 Å². The van der Waals surface area contributed by atoms with Gasteiger partial charge in [0.1, 0.15) is 12.4 Å². The number of nitrogens with one attached hydrogen (secondary N) is 1. The molecule has 0 atom stereocenters. The average Bonchev–Trinajstić information content (AvgIpc) is 2.69. The van der Waals surface area contributed by atoms with Crippen LogP contribution in [0.5, 0.6) is 0 Å². The van der Waals surface area contributed by atoms with Gasteiger partial charge in [-0.2, -0.15) is 0 Å². The first kappa shape index (κ1) is 19.6. The standard InChI is InChI=1S/C21H21N3O3S/c1-16-11-12-17(2)19(14-16)24(28(26,27)18-8-4-3-5-9-18)15-21(25)23-20-10-6-7-13-22-20/h3-14H,15H2,1-2H3,(H,22,23,25). The van der Waals surface area contributed by atoms with Crippen molar-refractivity contribution >= 4 is 27.4 Å². The number of sulfonamides is 1. The molecule has 0 saturated carbocycles. The summed E-state index contributed by atoms with van der Waals surface area (Å²) in [7, 11) is -3.93. The van der Waals surface area contributed by atoms with E-state index in [0.717, 1.165) is 15.4 Å². The summed E-state index contributed by atoms with van der Waals surface area (Å²) < 4.78 is 27.8. The van der Waals surface area contributed by atoms with Gasteiger partial charge in [-0.05, 0) is 55.3 Å². The summed E-state index contributed by atoms with van der Waals surface area (Å²) in [5, 5.41) is 2.64. The molecule has 0 bridgehead atoms. The van der Waals surface area contributed by atoms with Crippen molar-refractivity contribution in [2.24, 2.45) is 0 Å². The Morgan fingerprint density at radius 1 is 1.00 bits per heavy atom. The van der Waals surface area contributed by atoms with Gasteiger partial charge in [0.05, 0.1) is 10.6 Å². The van der Waals surface area contributed by atoms with Crippen LogP contribution in [0.25, 0.3) is 0 Å². The highest BCUT2D eigenvalue weighted by Gasteiger charge is 2.28. The molecule has 3 aromatic rings. The summed E-state index contributed by atoms with van der Waals surface area (Å²) in [6.07, 6.45) is 1.55. The number of hydrogen-bond donors (Lipinski definition) is 1. The lowest BCUT2D eigenvalue weighted by atomic mass is 10.1. The first-order valence-electron chi connectivity index (χ1n) is 8.74. The first-order valence-corrected chi connectivity index (χ1v) is 10.2. The smallest absolute Gasteiger partial charge is 0.264 e. The molecule has 0 unspecified atom stereocenters. The second kappa shape index (κ2) is 8.22. The maximum Gasteiger partial charge on any atom is 0.264 e. The Morgan fingerprint density at radius 3 is 2.39 bits per heavy atom. The normalized spacial score (nSPS) is 11.1. The lowest BCUT2D eigenvalue weighted by Crippen LogP contribution is -2.38. The van der Waals surface area contributed by atoms with Crippen molar-refractivity contribution in [3.8, 4) is 0 Å². The maximum atomic E-state index is 13.3. The van der Waals surface area contributed by atoms with E-state index < -0.39 is 15.9 Å². The minimum atomic E-state index is -3.93. The molecule has 144 valence electrons. The summed E-state index contributed by atoms with van der Waals surface area (Å²) in [6, 6.07) is 18.7. The van der Waals surface area contributed by atoms with E-state index in [1.54, 1.807) is 48.7 Å². The Balaban J connectivity index is 2.00. The van der Waals surface area contributed by atoms with Crippen LogP contribution in [0.3, 0.4) is 0 Å². The molecule has 7 heteroatoms. The van der Waals surface area contributed by atoms with Crippen LogP contribution in [0.1, 0.15) is 11.1 Å². The zero-order valence-electron chi connectivity index (χ0n) is 15.7. The van der Waals surface area contributed by atoms with Crippen LogP contribution in [0.4, 0.5) is 11.5 Å². The number of carbonyl (C=O) groups is 1. The fourth-order valence-corrected chi connectivity index (χ4v) is 4.26. The second-order valence-corrected chi connectivity index (χ2v) is 8.24. The second-order valence-electron chi connectivity index (χ2n) is 6.38. The van der Waals surface area contributed by atoms with Gasteiger partial charge in [0.15, 0.2) is 0 Å². The first-order chi connectivity index (χ1) is 13.4. The van der Waals surface area contributed by atoms with E-state index in [1.807, 2.05) is 26.0 Å². The zero-order chi connectivity index (χ0) is 20.1. The molecule has 0 aliphatic heterocycles. The topological polar surface area (TPSA) is 79.4 Å². The Kier molecular flexibility index (Phi) is 5.75. The zero-order valence-corrected chi connectivity index (χ0v) is 16.5. The summed E-state index contributed by atoms with van der Waals surface area (Å²) in [4.78, 5) is 16.8. The van der Waals surface area contributed by atoms with E-state index in [9.17, 15) is 13.2 Å². The van der Waals surface area contributed by atoms with E-state index in [2.05, 4.69) is 10.3 Å². The number of hydrogen-bond acceptors (Lipinski definition) is 4. The molecule has 0 fully saturated rings. The predicted octanol–water partition coefficient (Wildman–Crippen LogP) is 3.53.